The van der Waals surface area contributed by atoms with E-state index >= 15 is 0 Å². The van der Waals surface area contributed by atoms with Crippen LogP contribution >= 0.6 is 11.6 Å². The van der Waals surface area contributed by atoms with Crippen molar-refractivity contribution in [2.24, 2.45) is 0 Å². The Bertz CT molecular complexity index is 602. The Morgan fingerprint density at radius 2 is 2.00 bits per heavy atom. The van der Waals surface area contributed by atoms with Crippen LogP contribution in [0.3, 0.4) is 0 Å². The maximum Gasteiger partial charge on any atom is 0.272 e. The highest BCUT2D eigenvalue weighted by Crippen LogP contribution is 2.11. The molecule has 1 N–H and O–H groups in total. The lowest BCUT2D eigenvalue weighted by molar-refractivity contribution is 0.0945. The molecule has 0 saturated carbocycles. The minimum Gasteiger partial charge on any atom is -0.347 e. The first-order valence-electron chi connectivity index (χ1n) is 6.56. The first kappa shape index (κ1) is 14.6. The second-order valence-electron chi connectivity index (χ2n) is 5.02. The molecule has 106 valence electrons. The highest BCUT2D eigenvalue weighted by atomic mass is 35.5. The van der Waals surface area contributed by atoms with Crippen LogP contribution in [-0.4, -0.2) is 15.7 Å². The molecule has 0 aliphatic carbocycles. The number of rotatable bonds is 4. The SMILES string of the molecule is Cc1cc(C(=O)NCc2ccc(Cl)cc2)nn1C(C)C. The standard InChI is InChI=1S/C15H18ClN3O/c1-10(2)19-11(3)8-14(18-19)15(20)17-9-12-4-6-13(16)7-5-12/h4-8,10H,9H2,1-3H3,(H,17,20). The number of carbonyl (C=O) groups is 1. The molecule has 2 rings (SSSR count). The third-order valence-electron chi connectivity index (χ3n) is 3.01. The van der Waals surface area contributed by atoms with Crippen molar-refractivity contribution in [2.45, 2.75) is 33.4 Å². The molecule has 1 heterocycles. The predicted octanol–water partition coefficient (Wildman–Crippen LogP) is 3.36. The molecule has 0 atom stereocenters. The van der Waals surface area contributed by atoms with Crippen molar-refractivity contribution in [2.75, 3.05) is 0 Å². The summed E-state index contributed by atoms with van der Waals surface area (Å²) >= 11 is 5.82. The Morgan fingerprint density at radius 1 is 1.35 bits per heavy atom. The monoisotopic (exact) mass is 291 g/mol. The highest BCUT2D eigenvalue weighted by Gasteiger charge is 2.13. The summed E-state index contributed by atoms with van der Waals surface area (Å²) < 4.78 is 1.84. The van der Waals surface area contributed by atoms with Crippen LogP contribution in [0.1, 0.15) is 41.6 Å². The van der Waals surface area contributed by atoms with Gasteiger partial charge in [0.25, 0.3) is 5.91 Å². The van der Waals surface area contributed by atoms with Crippen molar-refractivity contribution in [1.29, 1.82) is 0 Å². The van der Waals surface area contributed by atoms with E-state index < -0.39 is 0 Å². The molecule has 4 nitrogen and oxygen atoms in total. The lowest BCUT2D eigenvalue weighted by atomic mass is 10.2. The Morgan fingerprint density at radius 3 is 2.55 bits per heavy atom. The molecule has 0 saturated heterocycles. The second kappa shape index (κ2) is 6.09. The van der Waals surface area contributed by atoms with E-state index in [0.29, 0.717) is 17.3 Å². The van der Waals surface area contributed by atoms with Crippen molar-refractivity contribution in [3.05, 3.63) is 52.3 Å². The molecule has 2 aromatic rings. The molecule has 0 unspecified atom stereocenters. The molecule has 0 aliphatic rings. The Balaban J connectivity index is 2.01. The minimum absolute atomic E-state index is 0.164. The summed E-state index contributed by atoms with van der Waals surface area (Å²) in [5.41, 5.74) is 2.43. The highest BCUT2D eigenvalue weighted by molar-refractivity contribution is 6.30. The second-order valence-corrected chi connectivity index (χ2v) is 5.45. The number of carbonyl (C=O) groups excluding carboxylic acids is 1. The number of aromatic nitrogens is 2. The average Bonchev–Trinajstić information content (AvgIpc) is 2.80. The molecule has 1 aromatic carbocycles. The maximum absolute atomic E-state index is 12.1. The summed E-state index contributed by atoms with van der Waals surface area (Å²) in [6, 6.07) is 9.44. The summed E-state index contributed by atoms with van der Waals surface area (Å²) in [7, 11) is 0. The van der Waals surface area contributed by atoms with Gasteiger partial charge < -0.3 is 5.32 Å². The van der Waals surface area contributed by atoms with E-state index in [1.54, 1.807) is 18.2 Å². The number of aryl methyl sites for hydroxylation is 1. The summed E-state index contributed by atoms with van der Waals surface area (Å²) in [5.74, 6) is -0.164. The molecular weight excluding hydrogens is 274 g/mol. The van der Waals surface area contributed by atoms with E-state index in [2.05, 4.69) is 10.4 Å². The molecule has 0 spiro atoms. The van der Waals surface area contributed by atoms with Crippen LogP contribution in [0.2, 0.25) is 5.02 Å². The zero-order valence-electron chi connectivity index (χ0n) is 11.9. The van der Waals surface area contributed by atoms with Gasteiger partial charge in [0.1, 0.15) is 5.69 Å². The predicted molar refractivity (Wildman–Crippen MR) is 80.0 cm³/mol. The van der Waals surface area contributed by atoms with Crippen molar-refractivity contribution < 1.29 is 4.79 Å². The summed E-state index contributed by atoms with van der Waals surface area (Å²) in [5, 5.41) is 7.86. The van der Waals surface area contributed by atoms with Crippen molar-refractivity contribution >= 4 is 17.5 Å². The van der Waals surface area contributed by atoms with Gasteiger partial charge in [0.05, 0.1) is 0 Å². The van der Waals surface area contributed by atoms with E-state index in [1.165, 1.54) is 0 Å². The van der Waals surface area contributed by atoms with Gasteiger partial charge in [-0.3, -0.25) is 9.48 Å². The Hall–Kier alpha value is -1.81. The summed E-state index contributed by atoms with van der Waals surface area (Å²) in [6.07, 6.45) is 0. The Labute approximate surface area is 123 Å². The number of hydrogen-bond donors (Lipinski definition) is 1. The largest absolute Gasteiger partial charge is 0.347 e. The van der Waals surface area contributed by atoms with E-state index in [4.69, 9.17) is 11.6 Å². The third-order valence-corrected chi connectivity index (χ3v) is 3.26. The number of benzene rings is 1. The van der Waals surface area contributed by atoms with Crippen molar-refractivity contribution in [1.82, 2.24) is 15.1 Å². The van der Waals surface area contributed by atoms with E-state index in [9.17, 15) is 4.79 Å². The van der Waals surface area contributed by atoms with Gasteiger partial charge in [-0.1, -0.05) is 23.7 Å². The van der Waals surface area contributed by atoms with Gasteiger partial charge >= 0.3 is 0 Å². The minimum atomic E-state index is -0.164. The van der Waals surface area contributed by atoms with Gasteiger partial charge in [-0.25, -0.2) is 0 Å². The smallest absolute Gasteiger partial charge is 0.272 e. The van der Waals surface area contributed by atoms with Crippen molar-refractivity contribution in [3.63, 3.8) is 0 Å². The molecule has 20 heavy (non-hydrogen) atoms. The number of nitrogens with one attached hydrogen (secondary N) is 1. The van der Waals surface area contributed by atoms with Crippen LogP contribution in [-0.2, 0) is 6.54 Å². The first-order chi connectivity index (χ1) is 9.47. The first-order valence-corrected chi connectivity index (χ1v) is 6.94. The molecular formula is C15H18ClN3O. The number of halogens is 1. The van der Waals surface area contributed by atoms with Crippen LogP contribution in [0.15, 0.2) is 30.3 Å². The van der Waals surface area contributed by atoms with E-state index in [1.807, 2.05) is 37.6 Å². The normalized spacial score (nSPS) is 10.8. The molecule has 1 aromatic heterocycles. The number of hydrogen-bond acceptors (Lipinski definition) is 2. The third kappa shape index (κ3) is 3.39. The zero-order chi connectivity index (χ0) is 14.7. The summed E-state index contributed by atoms with van der Waals surface area (Å²) in [4.78, 5) is 12.1. The fourth-order valence-electron chi connectivity index (χ4n) is 2.00. The van der Waals surface area contributed by atoms with Gasteiger partial charge in [0, 0.05) is 23.3 Å². The maximum atomic E-state index is 12.1. The molecule has 1 amide bonds. The van der Waals surface area contributed by atoms with Crippen LogP contribution in [0.5, 0.6) is 0 Å². The zero-order valence-corrected chi connectivity index (χ0v) is 12.6. The van der Waals surface area contributed by atoms with Crippen LogP contribution in [0.25, 0.3) is 0 Å². The van der Waals surface area contributed by atoms with Gasteiger partial charge in [-0.15, -0.1) is 0 Å². The van der Waals surface area contributed by atoms with Gasteiger partial charge in [-0.05, 0) is 44.5 Å². The molecule has 0 aliphatic heterocycles. The average molecular weight is 292 g/mol. The van der Waals surface area contributed by atoms with E-state index in [-0.39, 0.29) is 11.9 Å². The summed E-state index contributed by atoms with van der Waals surface area (Å²) in [6.45, 7) is 6.48. The van der Waals surface area contributed by atoms with E-state index in [0.717, 1.165) is 11.3 Å². The van der Waals surface area contributed by atoms with Crippen LogP contribution in [0, 0.1) is 6.92 Å². The van der Waals surface area contributed by atoms with Crippen LogP contribution in [0.4, 0.5) is 0 Å². The molecule has 5 heteroatoms. The number of nitrogens with zero attached hydrogens (tertiary/aromatic N) is 2. The lowest BCUT2D eigenvalue weighted by Crippen LogP contribution is -2.23. The number of amides is 1. The Kier molecular flexibility index (Phi) is 4.45. The molecule has 0 radical (unpaired) electrons. The van der Waals surface area contributed by atoms with Gasteiger partial charge in [-0.2, -0.15) is 5.10 Å². The van der Waals surface area contributed by atoms with Crippen molar-refractivity contribution in [3.8, 4) is 0 Å². The van der Waals surface area contributed by atoms with Gasteiger partial charge in [0.15, 0.2) is 0 Å². The fourth-order valence-corrected chi connectivity index (χ4v) is 2.12. The lowest BCUT2D eigenvalue weighted by Gasteiger charge is -2.07. The topological polar surface area (TPSA) is 46.9 Å². The molecule has 0 bridgehead atoms. The van der Waals surface area contributed by atoms with Crippen LogP contribution < -0.4 is 5.32 Å². The quantitative estimate of drug-likeness (QED) is 0.939. The van der Waals surface area contributed by atoms with Gasteiger partial charge in [0.2, 0.25) is 0 Å². The fraction of sp³-hybridized carbons (Fsp3) is 0.333. The molecule has 0 fully saturated rings.